The normalized spacial score (nSPS) is 16.0. The van der Waals surface area contributed by atoms with Gasteiger partial charge in [-0.1, -0.05) is 18.2 Å². The van der Waals surface area contributed by atoms with Gasteiger partial charge in [0.05, 0.1) is 24.9 Å². The molecule has 1 aromatic heterocycles. The molecule has 1 atom stereocenters. The van der Waals surface area contributed by atoms with Crippen LogP contribution in [0.3, 0.4) is 0 Å². The predicted octanol–water partition coefficient (Wildman–Crippen LogP) is 2.84. The number of urea groups is 1. The first-order chi connectivity index (χ1) is 11.5. The summed E-state index contributed by atoms with van der Waals surface area (Å²) >= 11 is 1.56. The molecule has 6 nitrogen and oxygen atoms in total. The largest absolute Gasteiger partial charge is 0.493 e. The smallest absolute Gasteiger partial charge is 0.315 e. The predicted molar refractivity (Wildman–Crippen MR) is 95.8 cm³/mol. The Morgan fingerprint density at radius 3 is 3.04 bits per heavy atom. The minimum Gasteiger partial charge on any atom is -0.493 e. The fourth-order valence-corrected chi connectivity index (χ4v) is 3.45. The van der Waals surface area contributed by atoms with E-state index >= 15 is 0 Å². The van der Waals surface area contributed by atoms with Crippen LogP contribution in [0.1, 0.15) is 29.3 Å². The maximum Gasteiger partial charge on any atom is 0.315 e. The Bertz CT molecular complexity index is 729. The molecule has 2 heterocycles. The van der Waals surface area contributed by atoms with Gasteiger partial charge in [0.1, 0.15) is 5.75 Å². The first-order valence-electron chi connectivity index (χ1n) is 7.93. The summed E-state index contributed by atoms with van der Waals surface area (Å²) in [4.78, 5) is 18.6. The summed E-state index contributed by atoms with van der Waals surface area (Å²) < 4.78 is 5.74. The Morgan fingerprint density at radius 2 is 2.29 bits per heavy atom. The lowest BCUT2D eigenvalue weighted by Gasteiger charge is -2.27. The molecule has 24 heavy (non-hydrogen) atoms. The number of ether oxygens (including phenoxy) is 1. The van der Waals surface area contributed by atoms with Crippen LogP contribution in [0.25, 0.3) is 0 Å². The molecule has 0 aliphatic carbocycles. The van der Waals surface area contributed by atoms with E-state index in [0.29, 0.717) is 13.2 Å². The molecule has 7 heteroatoms. The molecule has 2 amide bonds. The summed E-state index contributed by atoms with van der Waals surface area (Å²) in [5.74, 6) is 0.893. The lowest BCUT2D eigenvalue weighted by molar-refractivity contribution is 0.222. The number of benzene rings is 1. The van der Waals surface area contributed by atoms with Crippen molar-refractivity contribution < 1.29 is 9.53 Å². The van der Waals surface area contributed by atoms with Crippen LogP contribution < -0.4 is 20.3 Å². The molecule has 1 aliphatic rings. The third kappa shape index (κ3) is 3.62. The molecule has 0 saturated heterocycles. The molecule has 3 rings (SSSR count). The SMILES string of the molecule is Cc1cccc2c1OCC[C@H]2NC(=O)NCc1csc(N(C)C)n1. The fraction of sp³-hybridized carbons (Fsp3) is 0.412. The van der Waals surface area contributed by atoms with Crippen molar-refractivity contribution in [2.45, 2.75) is 25.9 Å². The first kappa shape index (κ1) is 16.6. The quantitative estimate of drug-likeness (QED) is 0.893. The molecule has 128 valence electrons. The minimum atomic E-state index is -0.186. The standard InChI is InChI=1S/C17H22N4O2S/c1-11-5-4-6-13-14(7-8-23-15(11)13)20-16(22)18-9-12-10-24-17(19-12)21(2)3/h4-6,10,14H,7-9H2,1-3H3,(H2,18,20,22)/t14-/m1/s1. The molecular formula is C17H22N4O2S. The fourth-order valence-electron chi connectivity index (χ4n) is 2.69. The number of nitrogens with zero attached hydrogens (tertiary/aromatic N) is 2. The van der Waals surface area contributed by atoms with Gasteiger partial charge >= 0.3 is 6.03 Å². The van der Waals surface area contributed by atoms with E-state index in [9.17, 15) is 4.79 Å². The zero-order valence-electron chi connectivity index (χ0n) is 14.1. The molecule has 0 radical (unpaired) electrons. The maximum atomic E-state index is 12.2. The molecule has 1 aromatic carbocycles. The number of nitrogens with one attached hydrogen (secondary N) is 2. The van der Waals surface area contributed by atoms with E-state index in [0.717, 1.165) is 34.1 Å². The number of carbonyl (C=O) groups excluding carboxylic acids is 1. The zero-order chi connectivity index (χ0) is 17.1. The van der Waals surface area contributed by atoms with E-state index in [1.165, 1.54) is 0 Å². The highest BCUT2D eigenvalue weighted by Gasteiger charge is 2.24. The van der Waals surface area contributed by atoms with E-state index < -0.39 is 0 Å². The van der Waals surface area contributed by atoms with Gasteiger partial charge in [0.25, 0.3) is 0 Å². The van der Waals surface area contributed by atoms with Crippen LogP contribution >= 0.6 is 11.3 Å². The topological polar surface area (TPSA) is 66.5 Å². The van der Waals surface area contributed by atoms with E-state index in [-0.39, 0.29) is 12.1 Å². The minimum absolute atomic E-state index is 0.0265. The van der Waals surface area contributed by atoms with Crippen molar-refractivity contribution in [2.24, 2.45) is 0 Å². The number of rotatable bonds is 4. The Labute approximate surface area is 145 Å². The lowest BCUT2D eigenvalue weighted by atomic mass is 9.98. The van der Waals surface area contributed by atoms with Gasteiger partial charge in [-0.15, -0.1) is 11.3 Å². The molecule has 0 bridgehead atoms. The van der Waals surface area contributed by atoms with Gasteiger partial charge < -0.3 is 20.3 Å². The number of aryl methyl sites for hydroxylation is 1. The summed E-state index contributed by atoms with van der Waals surface area (Å²) in [5, 5.41) is 8.81. The van der Waals surface area contributed by atoms with Gasteiger partial charge in [-0.3, -0.25) is 0 Å². The second-order valence-corrected chi connectivity index (χ2v) is 6.86. The van der Waals surface area contributed by atoms with Crippen molar-refractivity contribution in [1.82, 2.24) is 15.6 Å². The van der Waals surface area contributed by atoms with Gasteiger partial charge in [-0.25, -0.2) is 9.78 Å². The Balaban J connectivity index is 1.59. The van der Waals surface area contributed by atoms with Crippen molar-refractivity contribution in [3.8, 4) is 5.75 Å². The number of para-hydroxylation sites is 1. The average Bonchev–Trinajstić information content (AvgIpc) is 3.03. The highest BCUT2D eigenvalue weighted by atomic mass is 32.1. The van der Waals surface area contributed by atoms with Gasteiger partial charge in [-0.2, -0.15) is 0 Å². The van der Waals surface area contributed by atoms with Gasteiger partial charge in [0.2, 0.25) is 0 Å². The van der Waals surface area contributed by atoms with Gasteiger partial charge in [-0.05, 0) is 12.5 Å². The van der Waals surface area contributed by atoms with Crippen molar-refractivity contribution in [3.63, 3.8) is 0 Å². The molecule has 2 aromatic rings. The van der Waals surface area contributed by atoms with E-state index in [1.54, 1.807) is 11.3 Å². The number of aromatic nitrogens is 1. The van der Waals surface area contributed by atoms with Gasteiger partial charge in [0.15, 0.2) is 5.13 Å². The molecule has 0 unspecified atom stereocenters. The van der Waals surface area contributed by atoms with Crippen molar-refractivity contribution >= 4 is 22.5 Å². The van der Waals surface area contributed by atoms with Crippen molar-refractivity contribution in [1.29, 1.82) is 0 Å². The molecule has 1 aliphatic heterocycles. The number of hydrogen-bond donors (Lipinski definition) is 2. The molecule has 0 spiro atoms. The van der Waals surface area contributed by atoms with E-state index in [2.05, 4.69) is 15.6 Å². The van der Waals surface area contributed by atoms with Crippen LogP contribution in [0.4, 0.5) is 9.93 Å². The summed E-state index contributed by atoms with van der Waals surface area (Å²) in [6, 6.07) is 5.81. The monoisotopic (exact) mass is 346 g/mol. The molecule has 0 fully saturated rings. The highest BCUT2D eigenvalue weighted by Crippen LogP contribution is 2.34. The number of hydrogen-bond acceptors (Lipinski definition) is 5. The number of anilines is 1. The zero-order valence-corrected chi connectivity index (χ0v) is 14.9. The first-order valence-corrected chi connectivity index (χ1v) is 8.81. The highest BCUT2D eigenvalue weighted by molar-refractivity contribution is 7.13. The summed E-state index contributed by atoms with van der Waals surface area (Å²) in [7, 11) is 3.90. The molecule has 2 N–H and O–H groups in total. The van der Waals surface area contributed by atoms with E-state index in [4.69, 9.17) is 4.74 Å². The third-order valence-electron chi connectivity index (χ3n) is 3.93. The summed E-state index contributed by atoms with van der Waals surface area (Å²) in [6.07, 6.45) is 0.769. The molecule has 0 saturated carbocycles. The van der Waals surface area contributed by atoms with Crippen LogP contribution in [0, 0.1) is 6.92 Å². The van der Waals surface area contributed by atoms with Gasteiger partial charge in [0, 0.05) is 31.5 Å². The number of thiazole rings is 1. The Kier molecular flexibility index (Phi) is 4.89. The van der Waals surface area contributed by atoms with Crippen molar-refractivity contribution in [3.05, 3.63) is 40.4 Å². The number of amides is 2. The van der Waals surface area contributed by atoms with Crippen LogP contribution in [0.2, 0.25) is 0 Å². The lowest BCUT2D eigenvalue weighted by Crippen LogP contribution is -2.39. The summed E-state index contributed by atoms with van der Waals surface area (Å²) in [5.41, 5.74) is 3.00. The van der Waals surface area contributed by atoms with Crippen LogP contribution in [0.5, 0.6) is 5.75 Å². The Hall–Kier alpha value is -2.28. The van der Waals surface area contributed by atoms with Crippen LogP contribution in [-0.2, 0) is 6.54 Å². The van der Waals surface area contributed by atoms with Crippen LogP contribution in [0.15, 0.2) is 23.6 Å². The van der Waals surface area contributed by atoms with Crippen molar-refractivity contribution in [2.75, 3.05) is 25.6 Å². The number of fused-ring (bicyclic) bond motifs is 1. The van der Waals surface area contributed by atoms with Crippen LogP contribution in [-0.4, -0.2) is 31.7 Å². The van der Waals surface area contributed by atoms with E-state index in [1.807, 2.05) is 49.5 Å². The third-order valence-corrected chi connectivity index (χ3v) is 4.99. The molecular weight excluding hydrogens is 324 g/mol. The second kappa shape index (κ2) is 7.09. The number of carbonyl (C=O) groups is 1. The maximum absolute atomic E-state index is 12.2. The summed E-state index contributed by atoms with van der Waals surface area (Å²) in [6.45, 7) is 3.05. The average molecular weight is 346 g/mol. The second-order valence-electron chi connectivity index (χ2n) is 6.03. The Morgan fingerprint density at radius 1 is 1.46 bits per heavy atom.